The van der Waals surface area contributed by atoms with E-state index in [1.165, 1.54) is 41.6 Å². The van der Waals surface area contributed by atoms with Gasteiger partial charge < -0.3 is 17.0 Å². The van der Waals surface area contributed by atoms with Gasteiger partial charge in [-0.25, -0.2) is 0 Å². The van der Waals surface area contributed by atoms with Crippen molar-refractivity contribution < 1.29 is 17.0 Å². The van der Waals surface area contributed by atoms with Crippen molar-refractivity contribution in [1.29, 1.82) is 0 Å². The molecule has 0 saturated carbocycles. The Morgan fingerprint density at radius 3 is 1.37 bits per heavy atom. The molecule has 0 saturated heterocycles. The van der Waals surface area contributed by atoms with E-state index in [0.29, 0.717) is 4.57 Å². The van der Waals surface area contributed by atoms with Crippen LogP contribution < -0.4 is 32.9 Å². The summed E-state index contributed by atoms with van der Waals surface area (Å²) in [5, 5.41) is 4.36. The van der Waals surface area contributed by atoms with Crippen LogP contribution in [0.3, 0.4) is 0 Å². The highest BCUT2D eigenvalue weighted by atomic mass is 79.9. The molecule has 3 aromatic carbocycles. The van der Waals surface area contributed by atoms with Gasteiger partial charge >= 0.3 is 0 Å². The van der Waals surface area contributed by atoms with E-state index in [4.69, 9.17) is 0 Å². The first kappa shape index (κ1) is 22.3. The lowest BCUT2D eigenvalue weighted by atomic mass is 10.2. The number of halogens is 2. The highest BCUT2D eigenvalue weighted by Crippen LogP contribution is 2.63. The maximum Gasteiger partial charge on any atom is 0.137 e. The van der Waals surface area contributed by atoms with E-state index in [2.05, 4.69) is 114 Å². The lowest BCUT2D eigenvalue weighted by molar-refractivity contribution is -0.00000505. The summed E-state index contributed by atoms with van der Waals surface area (Å²) in [7, 11) is -1.77. The fourth-order valence-electron chi connectivity index (χ4n) is 3.68. The molecule has 0 amide bonds. The van der Waals surface area contributed by atoms with Crippen molar-refractivity contribution in [3.63, 3.8) is 0 Å². The van der Waals surface area contributed by atoms with E-state index in [9.17, 15) is 0 Å². The highest BCUT2D eigenvalue weighted by Gasteiger charge is 2.50. The number of hydrogen-bond acceptors (Lipinski definition) is 0. The van der Waals surface area contributed by atoms with E-state index in [1.807, 2.05) is 0 Å². The molecule has 1 atom stereocenters. The zero-order valence-corrected chi connectivity index (χ0v) is 19.8. The predicted octanol–water partition coefficient (Wildman–Crippen LogP) is 3.29. The van der Waals surface area contributed by atoms with E-state index >= 15 is 0 Å². The summed E-state index contributed by atoms with van der Waals surface area (Å²) < 4.78 is 0.439. The van der Waals surface area contributed by atoms with Crippen LogP contribution in [0.2, 0.25) is 0 Å². The summed E-state index contributed by atoms with van der Waals surface area (Å²) in [5.41, 5.74) is 0. The molecule has 0 aromatic heterocycles. The summed E-state index contributed by atoms with van der Waals surface area (Å²) in [5.74, 6) is 0. The van der Waals surface area contributed by atoms with E-state index in [0.717, 1.165) is 0 Å². The summed E-state index contributed by atoms with van der Waals surface area (Å²) >= 11 is 4.19. The van der Waals surface area contributed by atoms with Crippen LogP contribution in [0.15, 0.2) is 91.0 Å². The van der Waals surface area contributed by atoms with Crippen LogP contribution in [-0.2, 0) is 0 Å². The third-order valence-electron chi connectivity index (χ3n) is 4.96. The van der Waals surface area contributed by atoms with Gasteiger partial charge in [-0.3, -0.25) is 0 Å². The third kappa shape index (κ3) is 4.91. The van der Waals surface area contributed by atoms with Gasteiger partial charge in [-0.05, 0) is 65.2 Å². The van der Waals surface area contributed by atoms with Crippen molar-refractivity contribution in [3.05, 3.63) is 91.0 Å². The Bertz CT molecular complexity index is 679. The number of hydrogen-bond donors (Lipinski definition) is 0. The average Bonchev–Trinajstić information content (AvgIpc) is 2.71. The molecule has 27 heavy (non-hydrogen) atoms. The maximum atomic E-state index is 4.19. The molecule has 142 valence electrons. The molecule has 0 radical (unpaired) electrons. The molecule has 0 spiro atoms. The Hall–Kier alpha value is -0.950. The minimum Gasteiger partial charge on any atom is -1.00 e. The van der Waals surface area contributed by atoms with Crippen molar-refractivity contribution in [2.24, 2.45) is 0 Å². The Balaban J connectivity index is 0.00000261. The molecule has 0 fully saturated rings. The van der Waals surface area contributed by atoms with Gasteiger partial charge in [0.1, 0.15) is 27.7 Å². The smallest absolute Gasteiger partial charge is 0.137 e. The Morgan fingerprint density at radius 2 is 1.04 bits per heavy atom. The number of unbranched alkanes of at least 4 members (excludes halogenated alkanes) is 2. The first-order valence-electron chi connectivity index (χ1n) is 9.49. The number of benzene rings is 3. The van der Waals surface area contributed by atoms with Crippen LogP contribution in [0.4, 0.5) is 0 Å². The van der Waals surface area contributed by atoms with Crippen LogP contribution >= 0.6 is 23.2 Å². The minimum atomic E-state index is -1.77. The second-order valence-electron chi connectivity index (χ2n) is 6.66. The molecule has 3 heteroatoms. The Labute approximate surface area is 183 Å². The van der Waals surface area contributed by atoms with Gasteiger partial charge in [0.15, 0.2) is 0 Å². The Morgan fingerprint density at radius 1 is 0.667 bits per heavy atom. The molecule has 0 aliphatic rings. The lowest BCUT2D eigenvalue weighted by Crippen LogP contribution is -3.00. The minimum absolute atomic E-state index is 0. The van der Waals surface area contributed by atoms with Crippen molar-refractivity contribution >= 4 is 39.1 Å². The maximum absolute atomic E-state index is 4.19. The monoisotopic (exact) mass is 504 g/mol. The van der Waals surface area contributed by atoms with Gasteiger partial charge in [0, 0.05) is 0 Å². The first-order chi connectivity index (χ1) is 12.8. The first-order valence-corrected chi connectivity index (χ1v) is 12.3. The van der Waals surface area contributed by atoms with Crippen LogP contribution in [-0.4, -0.2) is 4.57 Å². The summed E-state index contributed by atoms with van der Waals surface area (Å²) in [6.07, 6.45) is 5.01. The average molecular weight is 506 g/mol. The van der Waals surface area contributed by atoms with Gasteiger partial charge in [-0.15, -0.1) is 0 Å². The topological polar surface area (TPSA) is 0 Å². The number of rotatable bonds is 8. The summed E-state index contributed by atoms with van der Waals surface area (Å²) in [4.78, 5) is 0. The SMILES string of the molecule is CCCCCC(Br)[P+](c1ccccc1)(c1ccccc1)c1ccccc1.[Br-]. The normalized spacial score (nSPS) is 12.2. The molecule has 0 aliphatic heterocycles. The Kier molecular flexibility index (Phi) is 9.22. The van der Waals surface area contributed by atoms with Crippen molar-refractivity contribution in [2.45, 2.75) is 37.2 Å². The third-order valence-corrected chi connectivity index (χ3v) is 11.7. The van der Waals surface area contributed by atoms with Gasteiger partial charge in [0.05, 0.1) is 0 Å². The largest absolute Gasteiger partial charge is 1.00 e. The van der Waals surface area contributed by atoms with Crippen LogP contribution in [0, 0.1) is 0 Å². The lowest BCUT2D eigenvalue weighted by Gasteiger charge is -2.32. The molecule has 3 aromatic rings. The molecule has 0 N–H and O–H groups in total. The fraction of sp³-hybridized carbons (Fsp3) is 0.250. The molecule has 0 aliphatic carbocycles. The van der Waals surface area contributed by atoms with Gasteiger partial charge in [0.25, 0.3) is 0 Å². The summed E-state index contributed by atoms with van der Waals surface area (Å²) in [6.45, 7) is 2.28. The zero-order chi connectivity index (χ0) is 18.2. The van der Waals surface area contributed by atoms with Gasteiger partial charge in [0.2, 0.25) is 0 Å². The molecule has 0 nitrogen and oxygen atoms in total. The van der Waals surface area contributed by atoms with E-state index in [-0.39, 0.29) is 17.0 Å². The van der Waals surface area contributed by atoms with E-state index < -0.39 is 7.26 Å². The molecule has 3 rings (SSSR count). The molecule has 1 unspecified atom stereocenters. The number of alkyl halides is 1. The van der Waals surface area contributed by atoms with Crippen LogP contribution in [0.5, 0.6) is 0 Å². The molecular weight excluding hydrogens is 479 g/mol. The quantitative estimate of drug-likeness (QED) is 0.250. The van der Waals surface area contributed by atoms with E-state index in [1.54, 1.807) is 0 Å². The van der Waals surface area contributed by atoms with Crippen molar-refractivity contribution in [2.75, 3.05) is 0 Å². The van der Waals surface area contributed by atoms with Crippen molar-refractivity contribution in [1.82, 2.24) is 0 Å². The van der Waals surface area contributed by atoms with Gasteiger partial charge in [-0.1, -0.05) is 74.4 Å². The van der Waals surface area contributed by atoms with Crippen LogP contribution in [0.1, 0.15) is 32.6 Å². The zero-order valence-electron chi connectivity index (χ0n) is 15.8. The molecular formula is C24H27Br2P. The molecule has 0 bridgehead atoms. The van der Waals surface area contributed by atoms with Crippen LogP contribution in [0.25, 0.3) is 0 Å². The molecule has 0 heterocycles. The standard InChI is InChI=1S/C24H27BrP.BrH/c1-2-3-7-20-24(25)26(21-14-8-4-9-15-21,22-16-10-5-11-17-22)23-18-12-6-13-19-23;/h4-6,8-19,24H,2-3,7,20H2,1H3;1H/q+1;/p-1. The van der Waals surface area contributed by atoms with Gasteiger partial charge in [-0.2, -0.15) is 0 Å². The summed E-state index contributed by atoms with van der Waals surface area (Å²) in [6, 6.07) is 33.4. The highest BCUT2D eigenvalue weighted by molar-refractivity contribution is 9.11. The second-order valence-corrected chi connectivity index (χ2v) is 12.1. The second kappa shape index (κ2) is 11.1. The predicted molar refractivity (Wildman–Crippen MR) is 122 cm³/mol. The fourth-order valence-corrected chi connectivity index (χ4v) is 10.5. The van der Waals surface area contributed by atoms with Crippen molar-refractivity contribution in [3.8, 4) is 0 Å².